The van der Waals surface area contributed by atoms with Crippen LogP contribution in [-0.2, 0) is 20.7 Å². The number of nitrogens with one attached hydrogen (secondary N) is 1. The van der Waals surface area contributed by atoms with Crippen molar-refractivity contribution >= 4 is 17.6 Å². The number of hydrogen-bond acceptors (Lipinski definition) is 4. The van der Waals surface area contributed by atoms with Crippen LogP contribution < -0.4 is 5.32 Å². The van der Waals surface area contributed by atoms with Gasteiger partial charge >= 0.3 is 5.97 Å². The lowest BCUT2D eigenvalue weighted by Crippen LogP contribution is -2.46. The monoisotopic (exact) mass is 374 g/mol. The number of unbranched alkanes of at least 4 members (excludes halogenated alkanes) is 2. The van der Waals surface area contributed by atoms with Crippen molar-refractivity contribution < 1.29 is 14.3 Å². The minimum atomic E-state index is -0.282. The van der Waals surface area contributed by atoms with Crippen molar-refractivity contribution in [1.29, 1.82) is 0 Å². The molecule has 1 N–H and O–H groups in total. The maximum Gasteiger partial charge on any atom is 0.309 e. The van der Waals surface area contributed by atoms with Crippen molar-refractivity contribution in [3.63, 3.8) is 0 Å². The molecule has 0 aromatic heterocycles. The summed E-state index contributed by atoms with van der Waals surface area (Å²) >= 11 is 0. The van der Waals surface area contributed by atoms with E-state index in [4.69, 9.17) is 4.74 Å². The van der Waals surface area contributed by atoms with Crippen LogP contribution >= 0.6 is 0 Å². The fourth-order valence-electron chi connectivity index (χ4n) is 3.53. The van der Waals surface area contributed by atoms with Crippen LogP contribution in [0.1, 0.15) is 58.4 Å². The van der Waals surface area contributed by atoms with Crippen molar-refractivity contribution in [2.24, 2.45) is 5.92 Å². The molecular weight excluding hydrogens is 340 g/mol. The van der Waals surface area contributed by atoms with Gasteiger partial charge in [0, 0.05) is 18.8 Å². The van der Waals surface area contributed by atoms with E-state index in [1.165, 1.54) is 24.8 Å². The molecular formula is C22H34N2O3. The van der Waals surface area contributed by atoms with Gasteiger partial charge in [0.05, 0.1) is 12.5 Å². The van der Waals surface area contributed by atoms with E-state index in [0.717, 1.165) is 12.1 Å². The summed E-state index contributed by atoms with van der Waals surface area (Å²) in [4.78, 5) is 26.4. The highest BCUT2D eigenvalue weighted by Crippen LogP contribution is 2.20. The SMILES string of the molecule is CCCCCc1ccc(NC(C)C(=O)N2CCC(C(=O)OCC)CC2)cc1. The number of rotatable bonds is 9. The third kappa shape index (κ3) is 6.56. The second-order valence-electron chi connectivity index (χ2n) is 7.37. The zero-order valence-corrected chi connectivity index (χ0v) is 17.0. The van der Waals surface area contributed by atoms with Crippen LogP contribution in [0, 0.1) is 5.92 Å². The smallest absolute Gasteiger partial charge is 0.309 e. The Morgan fingerprint density at radius 2 is 1.81 bits per heavy atom. The van der Waals surface area contributed by atoms with Gasteiger partial charge in [0.15, 0.2) is 0 Å². The van der Waals surface area contributed by atoms with Crippen LogP contribution in [0.15, 0.2) is 24.3 Å². The summed E-state index contributed by atoms with van der Waals surface area (Å²) in [5.74, 6) is -0.114. The van der Waals surface area contributed by atoms with E-state index in [0.29, 0.717) is 32.5 Å². The Kier molecular flexibility index (Phi) is 8.62. The van der Waals surface area contributed by atoms with Crippen LogP contribution in [-0.4, -0.2) is 42.5 Å². The molecule has 1 aromatic carbocycles. The average Bonchev–Trinajstić information content (AvgIpc) is 2.69. The van der Waals surface area contributed by atoms with Gasteiger partial charge in [-0.1, -0.05) is 31.9 Å². The Labute approximate surface area is 163 Å². The van der Waals surface area contributed by atoms with Gasteiger partial charge in [-0.2, -0.15) is 0 Å². The standard InChI is InChI=1S/C22H34N2O3/c1-4-6-7-8-18-9-11-20(12-10-18)23-17(3)21(25)24-15-13-19(14-16-24)22(26)27-5-2/h9-12,17,19,23H,4-8,13-16H2,1-3H3. The molecule has 0 spiro atoms. The Bertz CT molecular complexity index is 592. The van der Waals surface area contributed by atoms with E-state index in [1.54, 1.807) is 0 Å². The zero-order chi connectivity index (χ0) is 19.6. The van der Waals surface area contributed by atoms with E-state index >= 15 is 0 Å². The molecule has 1 aliphatic heterocycles. The molecule has 1 unspecified atom stereocenters. The lowest BCUT2D eigenvalue weighted by molar-refractivity contribution is -0.151. The molecule has 5 heteroatoms. The highest BCUT2D eigenvalue weighted by Gasteiger charge is 2.29. The predicted octanol–water partition coefficient (Wildman–Crippen LogP) is 4.02. The summed E-state index contributed by atoms with van der Waals surface area (Å²) in [6.45, 7) is 7.58. The van der Waals surface area contributed by atoms with Gasteiger partial charge in [-0.15, -0.1) is 0 Å². The molecule has 5 nitrogen and oxygen atoms in total. The van der Waals surface area contributed by atoms with E-state index in [2.05, 4.69) is 36.5 Å². The molecule has 0 aliphatic carbocycles. The summed E-state index contributed by atoms with van der Waals surface area (Å²) in [7, 11) is 0. The first-order chi connectivity index (χ1) is 13.0. The quantitative estimate of drug-likeness (QED) is 0.524. The molecule has 1 fully saturated rings. The van der Waals surface area contributed by atoms with Gasteiger partial charge < -0.3 is 15.0 Å². The summed E-state index contributed by atoms with van der Waals surface area (Å²) in [5, 5.41) is 3.30. The molecule has 0 saturated carbocycles. The van der Waals surface area contributed by atoms with Crippen LogP contribution in [0.4, 0.5) is 5.69 Å². The molecule has 1 heterocycles. The Hall–Kier alpha value is -2.04. The maximum absolute atomic E-state index is 12.7. The molecule has 0 bridgehead atoms. The number of ether oxygens (including phenoxy) is 1. The van der Waals surface area contributed by atoms with Crippen LogP contribution in [0.5, 0.6) is 0 Å². The molecule has 150 valence electrons. The van der Waals surface area contributed by atoms with Crippen molar-refractivity contribution in [1.82, 2.24) is 4.90 Å². The van der Waals surface area contributed by atoms with Crippen molar-refractivity contribution in [2.45, 2.75) is 65.3 Å². The second-order valence-corrected chi connectivity index (χ2v) is 7.37. The fourth-order valence-corrected chi connectivity index (χ4v) is 3.53. The Morgan fingerprint density at radius 3 is 2.41 bits per heavy atom. The van der Waals surface area contributed by atoms with E-state index in [1.807, 2.05) is 18.7 Å². The zero-order valence-electron chi connectivity index (χ0n) is 17.0. The number of amides is 1. The summed E-state index contributed by atoms with van der Waals surface area (Å²) in [5.41, 5.74) is 2.31. The minimum Gasteiger partial charge on any atom is -0.466 e. The first-order valence-electron chi connectivity index (χ1n) is 10.4. The summed E-state index contributed by atoms with van der Waals surface area (Å²) in [6.07, 6.45) is 6.19. The maximum atomic E-state index is 12.7. The number of esters is 1. The molecule has 1 atom stereocenters. The highest BCUT2D eigenvalue weighted by atomic mass is 16.5. The number of likely N-dealkylation sites (tertiary alicyclic amines) is 1. The normalized spacial score (nSPS) is 16.0. The molecule has 1 amide bonds. The Morgan fingerprint density at radius 1 is 1.15 bits per heavy atom. The number of nitrogens with zero attached hydrogens (tertiary/aromatic N) is 1. The lowest BCUT2D eigenvalue weighted by atomic mass is 9.96. The number of aryl methyl sites for hydroxylation is 1. The molecule has 27 heavy (non-hydrogen) atoms. The van der Waals surface area contributed by atoms with Crippen molar-refractivity contribution in [3.8, 4) is 0 Å². The number of piperidine rings is 1. The molecule has 1 saturated heterocycles. The van der Waals surface area contributed by atoms with Gasteiger partial charge in [-0.3, -0.25) is 9.59 Å². The van der Waals surface area contributed by atoms with Gasteiger partial charge in [0.2, 0.25) is 5.91 Å². The number of carbonyl (C=O) groups is 2. The topological polar surface area (TPSA) is 58.6 Å². The van der Waals surface area contributed by atoms with E-state index < -0.39 is 0 Å². The second kappa shape index (κ2) is 11.0. The van der Waals surface area contributed by atoms with E-state index in [-0.39, 0.29) is 23.8 Å². The molecule has 0 radical (unpaired) electrons. The number of hydrogen-bond donors (Lipinski definition) is 1. The minimum absolute atomic E-state index is 0.0717. The number of anilines is 1. The predicted molar refractivity (Wildman–Crippen MR) is 109 cm³/mol. The number of carbonyl (C=O) groups excluding carboxylic acids is 2. The molecule has 1 aliphatic rings. The number of benzene rings is 1. The largest absolute Gasteiger partial charge is 0.466 e. The first kappa shape index (κ1) is 21.3. The van der Waals surface area contributed by atoms with Crippen molar-refractivity contribution in [2.75, 3.05) is 25.0 Å². The van der Waals surface area contributed by atoms with E-state index in [9.17, 15) is 9.59 Å². The fraction of sp³-hybridized carbons (Fsp3) is 0.636. The average molecular weight is 375 g/mol. The highest BCUT2D eigenvalue weighted by molar-refractivity contribution is 5.84. The summed E-state index contributed by atoms with van der Waals surface area (Å²) < 4.78 is 5.09. The summed E-state index contributed by atoms with van der Waals surface area (Å²) in [6, 6.07) is 8.10. The van der Waals surface area contributed by atoms with Gasteiger partial charge in [0.1, 0.15) is 6.04 Å². The van der Waals surface area contributed by atoms with Crippen LogP contribution in [0.25, 0.3) is 0 Å². The first-order valence-corrected chi connectivity index (χ1v) is 10.4. The third-order valence-electron chi connectivity index (χ3n) is 5.20. The van der Waals surface area contributed by atoms with Gasteiger partial charge in [0.25, 0.3) is 0 Å². The molecule has 1 aromatic rings. The Balaban J connectivity index is 1.79. The van der Waals surface area contributed by atoms with Gasteiger partial charge in [-0.05, 0) is 57.2 Å². The lowest BCUT2D eigenvalue weighted by Gasteiger charge is -2.33. The van der Waals surface area contributed by atoms with Crippen LogP contribution in [0.3, 0.4) is 0 Å². The van der Waals surface area contributed by atoms with Crippen LogP contribution in [0.2, 0.25) is 0 Å². The third-order valence-corrected chi connectivity index (χ3v) is 5.20. The van der Waals surface area contributed by atoms with Crippen molar-refractivity contribution in [3.05, 3.63) is 29.8 Å². The molecule has 2 rings (SSSR count). The van der Waals surface area contributed by atoms with Gasteiger partial charge in [-0.25, -0.2) is 0 Å².